The molecule has 0 spiro atoms. The van der Waals surface area contributed by atoms with Gasteiger partial charge in [-0.15, -0.1) is 0 Å². The van der Waals surface area contributed by atoms with Gasteiger partial charge < -0.3 is 44.1 Å². The van der Waals surface area contributed by atoms with E-state index in [9.17, 15) is 20.4 Å². The maximum Gasteiger partial charge on any atom is 0.161 e. The summed E-state index contributed by atoms with van der Waals surface area (Å²) in [5.41, 5.74) is -0.932. The van der Waals surface area contributed by atoms with Crippen LogP contribution >= 0.6 is 0 Å². The third-order valence-corrected chi connectivity index (χ3v) is 6.61. The Hall–Kier alpha value is -0.360. The molecule has 0 amide bonds. The van der Waals surface area contributed by atoms with Crippen molar-refractivity contribution in [3.63, 3.8) is 0 Å². The molecule has 12 atom stereocenters. The molecule has 9 nitrogen and oxygen atoms in total. The van der Waals surface area contributed by atoms with Crippen molar-refractivity contribution in [1.29, 1.82) is 0 Å². The summed E-state index contributed by atoms with van der Waals surface area (Å²) in [6, 6.07) is 0. The first-order valence-electron chi connectivity index (χ1n) is 10.5. The van der Waals surface area contributed by atoms with Crippen LogP contribution in [0.3, 0.4) is 0 Å². The van der Waals surface area contributed by atoms with Gasteiger partial charge in [0, 0.05) is 25.2 Å². The van der Waals surface area contributed by atoms with E-state index in [0.29, 0.717) is 6.42 Å². The van der Waals surface area contributed by atoms with Gasteiger partial charge in [0.25, 0.3) is 0 Å². The van der Waals surface area contributed by atoms with Crippen molar-refractivity contribution in [1.82, 2.24) is 0 Å². The molecule has 29 heavy (non-hydrogen) atoms. The van der Waals surface area contributed by atoms with Gasteiger partial charge in [-0.25, -0.2) is 0 Å². The number of hydrogen-bond acceptors (Lipinski definition) is 9. The van der Waals surface area contributed by atoms with Crippen LogP contribution in [-0.4, -0.2) is 87.6 Å². The van der Waals surface area contributed by atoms with Crippen molar-refractivity contribution < 1.29 is 44.1 Å². The van der Waals surface area contributed by atoms with Crippen LogP contribution in [0.1, 0.15) is 53.9 Å². The van der Waals surface area contributed by atoms with Gasteiger partial charge in [0.2, 0.25) is 0 Å². The Bertz CT molecular complexity index is 544. The molecule has 3 fully saturated rings. The van der Waals surface area contributed by atoms with E-state index in [1.54, 1.807) is 20.8 Å². The van der Waals surface area contributed by atoms with Gasteiger partial charge in [0.15, 0.2) is 18.9 Å². The summed E-state index contributed by atoms with van der Waals surface area (Å²) in [5, 5.41) is 41.3. The van der Waals surface area contributed by atoms with E-state index in [4.69, 9.17) is 23.7 Å². The second-order valence-corrected chi connectivity index (χ2v) is 8.99. The van der Waals surface area contributed by atoms with E-state index in [-0.39, 0.29) is 24.9 Å². The monoisotopic (exact) mass is 420 g/mol. The summed E-state index contributed by atoms with van der Waals surface area (Å²) in [5.74, 6) is -0.0413. The predicted octanol–water partition coefficient (Wildman–Crippen LogP) is 0.263. The maximum absolute atomic E-state index is 10.6. The highest BCUT2D eigenvalue weighted by atomic mass is 16.7. The molecular weight excluding hydrogens is 384 g/mol. The predicted molar refractivity (Wildman–Crippen MR) is 101 cm³/mol. The molecule has 0 radical (unpaired) electrons. The van der Waals surface area contributed by atoms with Crippen molar-refractivity contribution >= 4 is 0 Å². The molecule has 3 aliphatic rings. The van der Waals surface area contributed by atoms with Gasteiger partial charge in [-0.2, -0.15) is 0 Å². The molecule has 0 bridgehead atoms. The van der Waals surface area contributed by atoms with Gasteiger partial charge in [-0.1, -0.05) is 6.92 Å². The summed E-state index contributed by atoms with van der Waals surface area (Å²) in [6.07, 6.45) is -6.13. The largest absolute Gasteiger partial charge is 0.390 e. The van der Waals surface area contributed by atoms with E-state index < -0.39 is 61.1 Å². The molecule has 3 heterocycles. The Kier molecular flexibility index (Phi) is 7.25. The third kappa shape index (κ3) is 5.28. The Balaban J connectivity index is 1.62. The lowest BCUT2D eigenvalue weighted by molar-refractivity contribution is -0.327. The van der Waals surface area contributed by atoms with Crippen molar-refractivity contribution in [2.75, 3.05) is 0 Å². The maximum atomic E-state index is 10.6. The highest BCUT2D eigenvalue weighted by Crippen LogP contribution is 2.36. The molecule has 0 aromatic rings. The highest BCUT2D eigenvalue weighted by Gasteiger charge is 2.46. The van der Waals surface area contributed by atoms with E-state index in [1.807, 2.05) is 13.8 Å². The van der Waals surface area contributed by atoms with Crippen LogP contribution in [0.2, 0.25) is 0 Å². The average Bonchev–Trinajstić information content (AvgIpc) is 2.61. The third-order valence-electron chi connectivity index (χ3n) is 6.61. The zero-order chi connectivity index (χ0) is 21.5. The molecule has 3 saturated heterocycles. The Morgan fingerprint density at radius 3 is 1.90 bits per heavy atom. The first-order chi connectivity index (χ1) is 13.5. The first kappa shape index (κ1) is 23.3. The molecule has 12 unspecified atom stereocenters. The van der Waals surface area contributed by atoms with Gasteiger partial charge in [-0.05, 0) is 27.7 Å². The molecule has 0 saturated carbocycles. The fourth-order valence-corrected chi connectivity index (χ4v) is 4.30. The quantitative estimate of drug-likeness (QED) is 0.506. The van der Waals surface area contributed by atoms with E-state index >= 15 is 0 Å². The summed E-state index contributed by atoms with van der Waals surface area (Å²) >= 11 is 0. The second-order valence-electron chi connectivity index (χ2n) is 8.99. The Morgan fingerprint density at radius 2 is 1.28 bits per heavy atom. The van der Waals surface area contributed by atoms with Crippen LogP contribution < -0.4 is 0 Å². The minimum atomic E-state index is -1.02. The summed E-state index contributed by atoms with van der Waals surface area (Å²) in [4.78, 5) is 0. The molecule has 0 aromatic heterocycles. The molecule has 9 heteroatoms. The fraction of sp³-hybridized carbons (Fsp3) is 1.00. The molecular formula is C20H36O9. The van der Waals surface area contributed by atoms with Crippen LogP contribution in [0.15, 0.2) is 0 Å². The van der Waals surface area contributed by atoms with Gasteiger partial charge in [-0.3, -0.25) is 0 Å². The summed E-state index contributed by atoms with van der Waals surface area (Å²) in [7, 11) is 0. The minimum Gasteiger partial charge on any atom is -0.390 e. The Morgan fingerprint density at radius 1 is 0.759 bits per heavy atom. The van der Waals surface area contributed by atoms with Crippen LogP contribution in [0.25, 0.3) is 0 Å². The van der Waals surface area contributed by atoms with Crippen molar-refractivity contribution in [2.45, 2.75) is 121 Å². The highest BCUT2D eigenvalue weighted by molar-refractivity contribution is 4.90. The van der Waals surface area contributed by atoms with Gasteiger partial charge in [0.05, 0.1) is 36.1 Å². The second kappa shape index (κ2) is 9.02. The number of hydrogen-bond donors (Lipinski definition) is 4. The van der Waals surface area contributed by atoms with Crippen LogP contribution in [0.5, 0.6) is 0 Å². The van der Waals surface area contributed by atoms with Crippen LogP contribution in [0, 0.1) is 5.92 Å². The molecule has 0 aliphatic carbocycles. The van der Waals surface area contributed by atoms with Crippen LogP contribution in [0.4, 0.5) is 0 Å². The Labute approximate surface area is 171 Å². The first-order valence-corrected chi connectivity index (χ1v) is 10.5. The van der Waals surface area contributed by atoms with Gasteiger partial charge >= 0.3 is 0 Å². The zero-order valence-corrected chi connectivity index (χ0v) is 17.8. The summed E-state index contributed by atoms with van der Waals surface area (Å²) < 4.78 is 28.8. The number of aliphatic hydroxyl groups is 4. The van der Waals surface area contributed by atoms with Gasteiger partial charge in [0.1, 0.15) is 12.2 Å². The van der Waals surface area contributed by atoms with E-state index in [0.717, 1.165) is 0 Å². The number of ether oxygens (including phenoxy) is 5. The van der Waals surface area contributed by atoms with E-state index in [1.165, 1.54) is 0 Å². The smallest absolute Gasteiger partial charge is 0.161 e. The van der Waals surface area contributed by atoms with Crippen molar-refractivity contribution in [2.24, 2.45) is 5.92 Å². The molecule has 3 aliphatic heterocycles. The van der Waals surface area contributed by atoms with Crippen LogP contribution in [-0.2, 0) is 23.7 Å². The molecule has 4 N–H and O–H groups in total. The standard InChI is InChI=1S/C20H36O9/c1-9-10(2)26-17(8-20(9,5)24)29-14-7-16(27-12(4)19(14)23)28-13-6-15(21)25-11(3)18(13)22/h9-19,21-24H,6-8H2,1-5H3. The SMILES string of the molecule is CC1OC(O)CC(OC2CC(OC3CC(C)(O)C(C)C(C)O3)C(O)C(C)O2)C1O. The lowest BCUT2D eigenvalue weighted by Gasteiger charge is -2.46. The molecule has 170 valence electrons. The minimum absolute atomic E-state index is 0.0413. The summed E-state index contributed by atoms with van der Waals surface area (Å²) in [6.45, 7) is 8.98. The van der Waals surface area contributed by atoms with Crippen molar-refractivity contribution in [3.8, 4) is 0 Å². The fourth-order valence-electron chi connectivity index (χ4n) is 4.30. The average molecular weight is 420 g/mol. The lowest BCUT2D eigenvalue weighted by Crippen LogP contribution is -2.56. The number of rotatable bonds is 4. The zero-order valence-electron chi connectivity index (χ0n) is 17.8. The normalized spacial score (nSPS) is 54.3. The lowest BCUT2D eigenvalue weighted by atomic mass is 9.82. The van der Waals surface area contributed by atoms with Crippen molar-refractivity contribution in [3.05, 3.63) is 0 Å². The molecule has 0 aromatic carbocycles. The topological polar surface area (TPSA) is 127 Å². The molecule has 3 rings (SSSR count). The number of aliphatic hydroxyl groups excluding tert-OH is 3. The van der Waals surface area contributed by atoms with E-state index in [2.05, 4.69) is 0 Å².